The van der Waals surface area contributed by atoms with Crippen molar-refractivity contribution in [2.45, 2.75) is 31.6 Å². The smallest absolute Gasteiger partial charge is 0.329 e. The third-order valence-electron chi connectivity index (χ3n) is 6.14. The summed E-state index contributed by atoms with van der Waals surface area (Å²) in [7, 11) is 0. The molecule has 3 heterocycles. The molecule has 0 unspecified atom stereocenters. The Morgan fingerprint density at radius 3 is 2.47 bits per heavy atom. The van der Waals surface area contributed by atoms with Crippen LogP contribution in [0, 0.1) is 11.6 Å². The van der Waals surface area contributed by atoms with Gasteiger partial charge in [0.2, 0.25) is 5.82 Å². The Bertz CT molecular complexity index is 1630. The van der Waals surface area contributed by atoms with Crippen molar-refractivity contribution in [3.8, 4) is 0 Å². The summed E-state index contributed by atoms with van der Waals surface area (Å²) in [6, 6.07) is 7.22. The molecule has 1 N–H and O–H groups in total. The molecule has 2 aromatic heterocycles. The van der Waals surface area contributed by atoms with Crippen molar-refractivity contribution in [1.29, 1.82) is 0 Å². The van der Waals surface area contributed by atoms with Crippen molar-refractivity contribution in [3.63, 3.8) is 0 Å². The fourth-order valence-corrected chi connectivity index (χ4v) is 4.23. The number of H-pyrrole nitrogens is 1. The summed E-state index contributed by atoms with van der Waals surface area (Å²) in [4.78, 5) is 26.1. The van der Waals surface area contributed by atoms with Crippen LogP contribution in [0.1, 0.15) is 33.3 Å². The highest BCUT2D eigenvalue weighted by Crippen LogP contribution is 2.43. The zero-order chi connectivity index (χ0) is 27.4. The van der Waals surface area contributed by atoms with Gasteiger partial charge in [-0.3, -0.25) is 9.59 Å². The molecule has 5 rings (SSSR count). The summed E-state index contributed by atoms with van der Waals surface area (Å²) >= 11 is 0. The van der Waals surface area contributed by atoms with Crippen molar-refractivity contribution < 1.29 is 35.5 Å². The Morgan fingerprint density at radius 2 is 1.74 bits per heavy atom. The van der Waals surface area contributed by atoms with Crippen LogP contribution in [0.15, 0.2) is 41.2 Å². The standard InChI is InChI=1S/C23H15F7N6O2/c24-12-2-3-13-14(9-12)19(37)33-31-17(13)8-11-1-4-16(25)15(7-11)20(38)35-5-6-36-18(10-35)32-34-21(36)22(26,27)23(28,29)30/h1-4,7,9H,5-6,8,10H2,(H,33,37). The molecule has 38 heavy (non-hydrogen) atoms. The van der Waals surface area contributed by atoms with Gasteiger partial charge in [0.15, 0.2) is 5.82 Å². The first-order valence-corrected chi connectivity index (χ1v) is 11.0. The summed E-state index contributed by atoms with van der Waals surface area (Å²) < 4.78 is 94.8. The zero-order valence-corrected chi connectivity index (χ0v) is 19.0. The second-order valence-electron chi connectivity index (χ2n) is 8.57. The Kier molecular flexibility index (Phi) is 5.95. The lowest BCUT2D eigenvalue weighted by Crippen LogP contribution is -2.42. The van der Waals surface area contributed by atoms with Crippen LogP contribution in [-0.2, 0) is 25.4 Å². The number of aromatic amines is 1. The van der Waals surface area contributed by atoms with Crippen molar-refractivity contribution >= 4 is 16.7 Å². The predicted molar refractivity (Wildman–Crippen MR) is 116 cm³/mol. The Hall–Kier alpha value is -4.30. The molecule has 2 aromatic carbocycles. The van der Waals surface area contributed by atoms with E-state index in [1.807, 2.05) is 0 Å². The van der Waals surface area contributed by atoms with Crippen LogP contribution >= 0.6 is 0 Å². The number of nitrogens with zero attached hydrogens (tertiary/aromatic N) is 5. The number of hydrogen-bond donors (Lipinski definition) is 1. The summed E-state index contributed by atoms with van der Waals surface area (Å²) in [5.74, 6) is -9.49. The highest BCUT2D eigenvalue weighted by Gasteiger charge is 2.62. The van der Waals surface area contributed by atoms with Crippen molar-refractivity contribution in [3.05, 3.63) is 86.9 Å². The van der Waals surface area contributed by atoms with Gasteiger partial charge in [0.25, 0.3) is 11.5 Å². The molecule has 0 saturated carbocycles. The van der Waals surface area contributed by atoms with Crippen LogP contribution in [0.5, 0.6) is 0 Å². The molecule has 0 aliphatic carbocycles. The molecule has 0 radical (unpaired) electrons. The molecule has 4 aromatic rings. The quantitative estimate of drug-likeness (QED) is 0.399. The average Bonchev–Trinajstić information content (AvgIpc) is 3.30. The Morgan fingerprint density at radius 1 is 0.974 bits per heavy atom. The van der Waals surface area contributed by atoms with Crippen LogP contribution in [0.25, 0.3) is 10.8 Å². The summed E-state index contributed by atoms with van der Waals surface area (Å²) in [6.07, 6.45) is -5.85. The molecule has 0 spiro atoms. The third kappa shape index (κ3) is 4.26. The van der Waals surface area contributed by atoms with E-state index in [1.54, 1.807) is 0 Å². The van der Waals surface area contributed by atoms with Gasteiger partial charge in [0, 0.05) is 24.9 Å². The number of rotatable bonds is 4. The van der Waals surface area contributed by atoms with E-state index in [1.165, 1.54) is 18.2 Å². The van der Waals surface area contributed by atoms with Gasteiger partial charge in [-0.25, -0.2) is 13.9 Å². The van der Waals surface area contributed by atoms with E-state index < -0.39 is 54.1 Å². The molecule has 0 bridgehead atoms. The van der Waals surface area contributed by atoms with Gasteiger partial charge < -0.3 is 9.47 Å². The molecule has 1 aliphatic heterocycles. The number of alkyl halides is 5. The number of carbonyl (C=O) groups excluding carboxylic acids is 1. The number of hydrogen-bond acceptors (Lipinski definition) is 5. The van der Waals surface area contributed by atoms with Gasteiger partial charge in [-0.1, -0.05) is 6.07 Å². The van der Waals surface area contributed by atoms with Crippen LogP contribution in [0.2, 0.25) is 0 Å². The van der Waals surface area contributed by atoms with Gasteiger partial charge in [0.05, 0.1) is 23.2 Å². The molecule has 8 nitrogen and oxygen atoms in total. The maximum Gasteiger partial charge on any atom is 0.461 e. The SMILES string of the molecule is O=C(c1cc(Cc2n[nH]c(=O)c3cc(F)ccc23)ccc1F)N1CCn2c(nnc2C(F)(F)C(F)(F)F)C1. The van der Waals surface area contributed by atoms with Gasteiger partial charge >= 0.3 is 12.1 Å². The average molecular weight is 540 g/mol. The minimum atomic E-state index is -5.88. The zero-order valence-electron chi connectivity index (χ0n) is 19.0. The molecular weight excluding hydrogens is 525 g/mol. The van der Waals surface area contributed by atoms with E-state index in [0.717, 1.165) is 23.1 Å². The fraction of sp³-hybridized carbons (Fsp3) is 0.261. The minimum absolute atomic E-state index is 0.0314. The molecule has 0 atom stereocenters. The van der Waals surface area contributed by atoms with Gasteiger partial charge in [0.1, 0.15) is 11.6 Å². The van der Waals surface area contributed by atoms with Crippen molar-refractivity contribution in [2.24, 2.45) is 0 Å². The molecule has 0 fully saturated rings. The maximum atomic E-state index is 14.6. The second-order valence-corrected chi connectivity index (χ2v) is 8.57. The number of amides is 1. The van der Waals surface area contributed by atoms with Crippen LogP contribution in [0.3, 0.4) is 0 Å². The topological polar surface area (TPSA) is 96.8 Å². The largest absolute Gasteiger partial charge is 0.461 e. The molecule has 1 amide bonds. The number of carbonyl (C=O) groups is 1. The number of benzene rings is 2. The molecular formula is C23H15F7N6O2. The summed E-state index contributed by atoms with van der Waals surface area (Å²) in [5.41, 5.74) is -0.246. The van der Waals surface area contributed by atoms with Gasteiger partial charge in [-0.15, -0.1) is 10.2 Å². The maximum absolute atomic E-state index is 14.6. The highest BCUT2D eigenvalue weighted by atomic mass is 19.4. The van der Waals surface area contributed by atoms with E-state index in [4.69, 9.17) is 0 Å². The van der Waals surface area contributed by atoms with E-state index >= 15 is 0 Å². The minimum Gasteiger partial charge on any atom is -0.329 e. The predicted octanol–water partition coefficient (Wildman–Crippen LogP) is 3.69. The van der Waals surface area contributed by atoms with Crippen molar-refractivity contribution in [2.75, 3.05) is 6.54 Å². The number of aromatic nitrogens is 5. The Balaban J connectivity index is 1.41. The first-order valence-electron chi connectivity index (χ1n) is 11.0. The summed E-state index contributed by atoms with van der Waals surface area (Å²) in [5, 5.41) is 13.0. The third-order valence-corrected chi connectivity index (χ3v) is 6.14. The van der Waals surface area contributed by atoms with Crippen molar-refractivity contribution in [1.82, 2.24) is 29.9 Å². The van der Waals surface area contributed by atoms with E-state index in [9.17, 15) is 40.3 Å². The van der Waals surface area contributed by atoms with E-state index in [-0.39, 0.29) is 29.7 Å². The summed E-state index contributed by atoms with van der Waals surface area (Å²) in [6.45, 7) is -1.23. The normalized spacial score (nSPS) is 14.1. The lowest BCUT2D eigenvalue weighted by atomic mass is 10.0. The van der Waals surface area contributed by atoms with E-state index in [2.05, 4.69) is 20.4 Å². The van der Waals surface area contributed by atoms with Gasteiger partial charge in [-0.05, 0) is 35.9 Å². The van der Waals surface area contributed by atoms with Gasteiger partial charge in [-0.2, -0.15) is 27.1 Å². The monoisotopic (exact) mass is 540 g/mol. The lowest BCUT2D eigenvalue weighted by molar-refractivity contribution is -0.293. The lowest BCUT2D eigenvalue weighted by Gasteiger charge is -2.29. The molecule has 0 saturated heterocycles. The van der Waals surface area contributed by atoms with Crippen LogP contribution in [0.4, 0.5) is 30.7 Å². The second kappa shape index (κ2) is 8.92. The Labute approximate surface area is 207 Å². The number of fused-ring (bicyclic) bond motifs is 2. The first kappa shape index (κ1) is 25.4. The first-order chi connectivity index (χ1) is 17.9. The fourth-order valence-electron chi connectivity index (χ4n) is 4.23. The van der Waals surface area contributed by atoms with Crippen LogP contribution < -0.4 is 5.56 Å². The molecule has 1 aliphatic rings. The van der Waals surface area contributed by atoms with Crippen LogP contribution in [-0.4, -0.2) is 48.5 Å². The number of nitrogens with one attached hydrogen (secondary N) is 1. The highest BCUT2D eigenvalue weighted by molar-refractivity contribution is 5.94. The van der Waals surface area contributed by atoms with E-state index in [0.29, 0.717) is 21.2 Å². The molecule has 198 valence electrons. The number of halogens is 7. The molecule has 15 heteroatoms.